The Bertz CT molecular complexity index is 258. The maximum absolute atomic E-state index is 12.0. The monoisotopic (exact) mass is 263 g/mol. The fourth-order valence-corrected chi connectivity index (χ4v) is 2.30. The quantitative estimate of drug-likeness (QED) is 0.603. The first-order valence-corrected chi connectivity index (χ1v) is 6.64. The number of halogens is 1. The second-order valence-corrected chi connectivity index (χ2v) is 5.48. The second-order valence-electron chi connectivity index (χ2n) is 5.10. The third-order valence-corrected chi connectivity index (χ3v) is 3.08. The summed E-state index contributed by atoms with van der Waals surface area (Å²) in [5.74, 6) is 0.728. The van der Waals surface area contributed by atoms with Crippen molar-refractivity contribution in [1.29, 1.82) is 0 Å². The Labute approximate surface area is 108 Å². The van der Waals surface area contributed by atoms with Crippen molar-refractivity contribution in [1.82, 2.24) is 4.90 Å². The van der Waals surface area contributed by atoms with Crippen LogP contribution in [0.4, 0.5) is 0 Å². The Morgan fingerprint density at radius 2 is 2.24 bits per heavy atom. The summed E-state index contributed by atoms with van der Waals surface area (Å²) in [6, 6.07) is 0. The number of unbranched alkanes of at least 4 members (excludes halogenated alkanes) is 1. The number of hydrogen-bond donors (Lipinski definition) is 1. The predicted molar refractivity (Wildman–Crippen MR) is 67.2 cm³/mol. The van der Waals surface area contributed by atoms with E-state index in [1.807, 2.05) is 13.8 Å². The molecule has 4 nitrogen and oxygen atoms in total. The number of alkyl halides is 1. The first-order valence-electron chi connectivity index (χ1n) is 6.11. The Kier molecular flexibility index (Phi) is 5.70. The van der Waals surface area contributed by atoms with Crippen LogP contribution in [0.3, 0.4) is 0 Å². The molecular formula is C12H22ClNO3. The van der Waals surface area contributed by atoms with Crippen molar-refractivity contribution in [2.24, 2.45) is 0 Å². The minimum atomic E-state index is -0.381. The van der Waals surface area contributed by atoms with E-state index in [0.717, 1.165) is 12.8 Å². The molecule has 100 valence electrons. The van der Waals surface area contributed by atoms with Gasteiger partial charge in [-0.3, -0.25) is 4.79 Å². The van der Waals surface area contributed by atoms with E-state index in [-0.39, 0.29) is 24.2 Å². The van der Waals surface area contributed by atoms with E-state index in [4.69, 9.17) is 21.4 Å². The molecule has 0 aromatic carbocycles. The summed E-state index contributed by atoms with van der Waals surface area (Å²) in [6.07, 6.45) is 1.95. The average molecular weight is 264 g/mol. The zero-order chi connectivity index (χ0) is 12.9. The highest BCUT2D eigenvalue weighted by molar-refractivity contribution is 6.17. The van der Waals surface area contributed by atoms with Crippen LogP contribution in [0.2, 0.25) is 0 Å². The Morgan fingerprint density at radius 3 is 2.82 bits per heavy atom. The van der Waals surface area contributed by atoms with E-state index in [1.165, 1.54) is 0 Å². The zero-order valence-electron chi connectivity index (χ0n) is 10.6. The van der Waals surface area contributed by atoms with Gasteiger partial charge < -0.3 is 14.7 Å². The molecule has 0 spiro atoms. The van der Waals surface area contributed by atoms with Gasteiger partial charge in [-0.1, -0.05) is 0 Å². The number of carbonyl (C=O) groups is 1. The van der Waals surface area contributed by atoms with E-state index < -0.39 is 0 Å². The van der Waals surface area contributed by atoms with Crippen molar-refractivity contribution >= 4 is 17.5 Å². The summed E-state index contributed by atoms with van der Waals surface area (Å²) in [5.41, 5.74) is -0.381. The van der Waals surface area contributed by atoms with Gasteiger partial charge in [0.05, 0.1) is 18.3 Å². The topological polar surface area (TPSA) is 49.8 Å². The van der Waals surface area contributed by atoms with Crippen molar-refractivity contribution < 1.29 is 14.6 Å². The van der Waals surface area contributed by atoms with Crippen LogP contribution in [0.15, 0.2) is 0 Å². The summed E-state index contributed by atoms with van der Waals surface area (Å²) in [6.45, 7) is 4.90. The van der Waals surface area contributed by atoms with Crippen molar-refractivity contribution in [3.8, 4) is 0 Å². The first-order chi connectivity index (χ1) is 7.98. The Morgan fingerprint density at radius 1 is 1.53 bits per heavy atom. The molecule has 1 amide bonds. The van der Waals surface area contributed by atoms with Crippen molar-refractivity contribution in [3.63, 3.8) is 0 Å². The summed E-state index contributed by atoms with van der Waals surface area (Å²) >= 11 is 5.58. The van der Waals surface area contributed by atoms with Gasteiger partial charge in [0.15, 0.2) is 0 Å². The maximum atomic E-state index is 12.0. The van der Waals surface area contributed by atoms with Gasteiger partial charge in [0.1, 0.15) is 0 Å². The lowest BCUT2D eigenvalue weighted by Crippen LogP contribution is -2.55. The number of rotatable bonds is 5. The highest BCUT2D eigenvalue weighted by Crippen LogP contribution is 2.21. The van der Waals surface area contributed by atoms with Crippen LogP contribution in [0.25, 0.3) is 0 Å². The van der Waals surface area contributed by atoms with Crippen LogP contribution in [-0.2, 0) is 9.53 Å². The van der Waals surface area contributed by atoms with E-state index in [1.54, 1.807) is 4.90 Å². The van der Waals surface area contributed by atoms with E-state index in [0.29, 0.717) is 25.4 Å². The fraction of sp³-hybridized carbons (Fsp3) is 0.917. The molecule has 5 heteroatoms. The maximum Gasteiger partial charge on any atom is 0.222 e. The lowest BCUT2D eigenvalue weighted by atomic mass is 10.0. The summed E-state index contributed by atoms with van der Waals surface area (Å²) in [4.78, 5) is 13.8. The van der Waals surface area contributed by atoms with Crippen LogP contribution in [0.5, 0.6) is 0 Å². The molecule has 0 aromatic rings. The van der Waals surface area contributed by atoms with Crippen molar-refractivity contribution in [2.75, 3.05) is 25.6 Å². The SMILES string of the molecule is CC1(C)CN(C(=O)CCCCCl)CC(CO)O1. The molecule has 1 saturated heterocycles. The standard InChI is InChI=1S/C12H22ClNO3/c1-12(2)9-14(7-10(8-15)17-12)11(16)5-3-4-6-13/h10,15H,3-9H2,1-2H3. The molecule has 0 radical (unpaired) electrons. The molecule has 1 atom stereocenters. The normalized spacial score (nSPS) is 23.8. The van der Waals surface area contributed by atoms with Gasteiger partial charge >= 0.3 is 0 Å². The van der Waals surface area contributed by atoms with Crippen LogP contribution in [0.1, 0.15) is 33.1 Å². The molecule has 1 fully saturated rings. The highest BCUT2D eigenvalue weighted by Gasteiger charge is 2.34. The van der Waals surface area contributed by atoms with Crippen LogP contribution in [-0.4, -0.2) is 53.2 Å². The molecule has 0 aromatic heterocycles. The van der Waals surface area contributed by atoms with E-state index in [2.05, 4.69) is 0 Å². The summed E-state index contributed by atoms with van der Waals surface area (Å²) < 4.78 is 5.66. The fourth-order valence-electron chi connectivity index (χ4n) is 2.11. The van der Waals surface area contributed by atoms with Gasteiger partial charge in [-0.15, -0.1) is 11.6 Å². The zero-order valence-corrected chi connectivity index (χ0v) is 11.4. The van der Waals surface area contributed by atoms with E-state index in [9.17, 15) is 4.79 Å². The third kappa shape index (κ3) is 4.82. The van der Waals surface area contributed by atoms with Gasteiger partial charge in [-0.05, 0) is 26.7 Å². The first kappa shape index (κ1) is 14.7. The highest BCUT2D eigenvalue weighted by atomic mass is 35.5. The minimum Gasteiger partial charge on any atom is -0.394 e. The molecule has 0 saturated carbocycles. The number of amides is 1. The van der Waals surface area contributed by atoms with Crippen LogP contribution >= 0.6 is 11.6 Å². The smallest absolute Gasteiger partial charge is 0.222 e. The number of hydrogen-bond acceptors (Lipinski definition) is 3. The summed E-state index contributed by atoms with van der Waals surface area (Å²) in [5, 5.41) is 9.16. The van der Waals surface area contributed by atoms with Gasteiger partial charge in [0.25, 0.3) is 0 Å². The number of morpholine rings is 1. The van der Waals surface area contributed by atoms with Crippen molar-refractivity contribution in [3.05, 3.63) is 0 Å². The van der Waals surface area contributed by atoms with Crippen LogP contribution in [0, 0.1) is 0 Å². The molecule has 1 aliphatic heterocycles. The van der Waals surface area contributed by atoms with Gasteiger partial charge in [0, 0.05) is 25.4 Å². The molecule has 1 N–H and O–H groups in total. The average Bonchev–Trinajstić information content (AvgIpc) is 2.27. The largest absolute Gasteiger partial charge is 0.394 e. The molecule has 0 aliphatic carbocycles. The van der Waals surface area contributed by atoms with Gasteiger partial charge in [0.2, 0.25) is 5.91 Å². The molecule has 1 heterocycles. The molecule has 0 bridgehead atoms. The molecule has 17 heavy (non-hydrogen) atoms. The number of aliphatic hydroxyl groups is 1. The molecular weight excluding hydrogens is 242 g/mol. The van der Waals surface area contributed by atoms with Crippen molar-refractivity contribution in [2.45, 2.75) is 44.8 Å². The second kappa shape index (κ2) is 6.57. The lowest BCUT2D eigenvalue weighted by molar-refractivity contribution is -0.167. The lowest BCUT2D eigenvalue weighted by Gasteiger charge is -2.42. The number of nitrogens with zero attached hydrogens (tertiary/aromatic N) is 1. The number of ether oxygens (including phenoxy) is 1. The number of carbonyl (C=O) groups excluding carboxylic acids is 1. The van der Waals surface area contributed by atoms with Gasteiger partial charge in [-0.2, -0.15) is 0 Å². The molecule has 1 unspecified atom stereocenters. The van der Waals surface area contributed by atoms with Gasteiger partial charge in [-0.25, -0.2) is 0 Å². The third-order valence-electron chi connectivity index (χ3n) is 2.81. The Balaban J connectivity index is 2.48. The van der Waals surface area contributed by atoms with Crippen LogP contribution < -0.4 is 0 Å². The number of aliphatic hydroxyl groups excluding tert-OH is 1. The minimum absolute atomic E-state index is 0.0467. The predicted octanol–water partition coefficient (Wildman–Crippen LogP) is 1.39. The Hall–Kier alpha value is -0.320. The molecule has 1 rings (SSSR count). The molecule has 1 aliphatic rings. The summed E-state index contributed by atoms with van der Waals surface area (Å²) in [7, 11) is 0. The van der Waals surface area contributed by atoms with E-state index >= 15 is 0 Å².